The minimum absolute atomic E-state index is 0.171. The summed E-state index contributed by atoms with van der Waals surface area (Å²) in [4.78, 5) is 14.0. The second kappa shape index (κ2) is 4.57. The number of rotatable bonds is 1. The van der Waals surface area contributed by atoms with Crippen molar-refractivity contribution in [1.29, 1.82) is 0 Å². The van der Waals surface area contributed by atoms with Crippen molar-refractivity contribution in [2.75, 3.05) is 25.4 Å². The van der Waals surface area contributed by atoms with Crippen LogP contribution in [0.15, 0.2) is 18.2 Å². The summed E-state index contributed by atoms with van der Waals surface area (Å²) in [6, 6.07) is 3.84. The normalized spacial score (nSPS) is 18.7. The van der Waals surface area contributed by atoms with E-state index in [1.165, 1.54) is 18.2 Å². The van der Waals surface area contributed by atoms with Gasteiger partial charge < -0.3 is 15.4 Å². The van der Waals surface area contributed by atoms with E-state index in [9.17, 15) is 9.18 Å². The molecule has 1 aromatic carbocycles. The summed E-state index contributed by atoms with van der Waals surface area (Å²) < 4.78 is 18.5. The van der Waals surface area contributed by atoms with Gasteiger partial charge in [-0.05, 0) is 32.0 Å². The molecule has 98 valence electrons. The molecule has 2 rings (SSSR count). The Labute approximate surface area is 106 Å². The van der Waals surface area contributed by atoms with Crippen molar-refractivity contribution < 1.29 is 13.9 Å². The minimum Gasteiger partial charge on any atom is -0.398 e. The SMILES string of the molecule is CC1(C)CN(C(=O)c2ccc(F)cc2N)CCO1. The van der Waals surface area contributed by atoms with Crippen LogP contribution in [0.1, 0.15) is 24.2 Å². The molecule has 0 bridgehead atoms. The molecule has 0 saturated carbocycles. The predicted molar refractivity (Wildman–Crippen MR) is 66.7 cm³/mol. The highest BCUT2D eigenvalue weighted by Gasteiger charge is 2.30. The lowest BCUT2D eigenvalue weighted by atomic mass is 10.1. The Morgan fingerprint density at radius 2 is 2.22 bits per heavy atom. The fraction of sp³-hybridized carbons (Fsp3) is 0.462. The first kappa shape index (κ1) is 12.8. The molecule has 0 spiro atoms. The smallest absolute Gasteiger partial charge is 0.256 e. The fourth-order valence-corrected chi connectivity index (χ4v) is 2.09. The molecule has 2 N–H and O–H groups in total. The summed E-state index contributed by atoms with van der Waals surface area (Å²) in [5.74, 6) is -0.616. The molecule has 1 aromatic rings. The lowest BCUT2D eigenvalue weighted by molar-refractivity contribution is -0.0763. The summed E-state index contributed by atoms with van der Waals surface area (Å²) in [7, 11) is 0. The number of hydrogen-bond acceptors (Lipinski definition) is 3. The molecular formula is C13H17FN2O2. The number of hydrogen-bond donors (Lipinski definition) is 1. The van der Waals surface area contributed by atoms with Crippen molar-refractivity contribution in [3.63, 3.8) is 0 Å². The lowest BCUT2D eigenvalue weighted by Gasteiger charge is -2.38. The Hall–Kier alpha value is -1.62. The van der Waals surface area contributed by atoms with Gasteiger partial charge in [0.2, 0.25) is 0 Å². The Kier molecular flexibility index (Phi) is 3.26. The van der Waals surface area contributed by atoms with Gasteiger partial charge in [0.1, 0.15) is 5.82 Å². The second-order valence-electron chi connectivity index (χ2n) is 5.07. The highest BCUT2D eigenvalue weighted by Crippen LogP contribution is 2.21. The first-order valence-corrected chi connectivity index (χ1v) is 5.87. The number of nitrogens with zero attached hydrogens (tertiary/aromatic N) is 1. The Morgan fingerprint density at radius 1 is 1.50 bits per heavy atom. The average molecular weight is 252 g/mol. The average Bonchev–Trinajstić information content (AvgIpc) is 2.27. The zero-order chi connectivity index (χ0) is 13.3. The van der Waals surface area contributed by atoms with E-state index in [4.69, 9.17) is 10.5 Å². The van der Waals surface area contributed by atoms with Gasteiger partial charge in [-0.1, -0.05) is 0 Å². The monoisotopic (exact) mass is 252 g/mol. The van der Waals surface area contributed by atoms with Crippen LogP contribution in [0.2, 0.25) is 0 Å². The second-order valence-corrected chi connectivity index (χ2v) is 5.07. The number of carbonyl (C=O) groups excluding carboxylic acids is 1. The molecule has 0 aromatic heterocycles. The van der Waals surface area contributed by atoms with E-state index in [0.29, 0.717) is 25.3 Å². The molecular weight excluding hydrogens is 235 g/mol. The van der Waals surface area contributed by atoms with E-state index in [2.05, 4.69) is 0 Å². The molecule has 0 atom stereocenters. The van der Waals surface area contributed by atoms with Crippen LogP contribution < -0.4 is 5.73 Å². The van der Waals surface area contributed by atoms with Crippen LogP contribution in [-0.4, -0.2) is 36.1 Å². The van der Waals surface area contributed by atoms with E-state index in [1.54, 1.807) is 4.90 Å². The van der Waals surface area contributed by atoms with Crippen LogP contribution in [0.4, 0.5) is 10.1 Å². The Morgan fingerprint density at radius 3 is 2.83 bits per heavy atom. The van der Waals surface area contributed by atoms with Crippen LogP contribution in [0.25, 0.3) is 0 Å². The highest BCUT2D eigenvalue weighted by molar-refractivity contribution is 5.99. The van der Waals surface area contributed by atoms with Crippen molar-refractivity contribution in [3.8, 4) is 0 Å². The van der Waals surface area contributed by atoms with Crippen LogP contribution in [-0.2, 0) is 4.74 Å². The molecule has 0 aliphatic carbocycles. The number of carbonyl (C=O) groups is 1. The zero-order valence-corrected chi connectivity index (χ0v) is 10.6. The van der Waals surface area contributed by atoms with E-state index in [0.717, 1.165) is 0 Å². The van der Waals surface area contributed by atoms with Gasteiger partial charge in [-0.25, -0.2) is 4.39 Å². The summed E-state index contributed by atoms with van der Waals surface area (Å²) >= 11 is 0. The van der Waals surface area contributed by atoms with Gasteiger partial charge in [0, 0.05) is 18.8 Å². The van der Waals surface area contributed by atoms with E-state index in [-0.39, 0.29) is 17.2 Å². The van der Waals surface area contributed by atoms with Gasteiger partial charge in [-0.15, -0.1) is 0 Å². The summed E-state index contributed by atoms with van der Waals surface area (Å²) in [6.07, 6.45) is 0. The number of nitrogen functional groups attached to an aromatic ring is 1. The van der Waals surface area contributed by atoms with E-state index < -0.39 is 5.82 Å². The number of morpholine rings is 1. The highest BCUT2D eigenvalue weighted by atomic mass is 19.1. The van der Waals surface area contributed by atoms with Crippen LogP contribution in [0, 0.1) is 5.82 Å². The lowest BCUT2D eigenvalue weighted by Crippen LogP contribution is -2.50. The van der Waals surface area contributed by atoms with Crippen molar-refractivity contribution in [3.05, 3.63) is 29.6 Å². The van der Waals surface area contributed by atoms with Crippen molar-refractivity contribution in [1.82, 2.24) is 4.90 Å². The maximum absolute atomic E-state index is 13.0. The number of amides is 1. The van der Waals surface area contributed by atoms with Gasteiger partial charge in [-0.3, -0.25) is 4.79 Å². The maximum Gasteiger partial charge on any atom is 0.256 e. The third kappa shape index (κ3) is 2.61. The quantitative estimate of drug-likeness (QED) is 0.773. The predicted octanol–water partition coefficient (Wildman–Crippen LogP) is 1.66. The van der Waals surface area contributed by atoms with E-state index >= 15 is 0 Å². The first-order valence-electron chi connectivity index (χ1n) is 5.87. The van der Waals surface area contributed by atoms with Crippen LogP contribution in [0.3, 0.4) is 0 Å². The van der Waals surface area contributed by atoms with Gasteiger partial charge in [0.25, 0.3) is 5.91 Å². The molecule has 1 aliphatic rings. The third-order valence-electron chi connectivity index (χ3n) is 2.96. The summed E-state index contributed by atoms with van der Waals surface area (Å²) in [5.41, 5.74) is 5.83. The Bertz CT molecular complexity index is 474. The van der Waals surface area contributed by atoms with E-state index in [1.807, 2.05) is 13.8 Å². The first-order chi connectivity index (χ1) is 8.39. The molecule has 1 aliphatic heterocycles. The zero-order valence-electron chi connectivity index (χ0n) is 10.6. The molecule has 4 nitrogen and oxygen atoms in total. The number of nitrogens with two attached hydrogens (primary N) is 1. The number of benzene rings is 1. The van der Waals surface area contributed by atoms with Gasteiger partial charge in [0.15, 0.2) is 0 Å². The topological polar surface area (TPSA) is 55.6 Å². The van der Waals surface area contributed by atoms with Crippen LogP contribution >= 0.6 is 0 Å². The molecule has 1 fully saturated rings. The standard InChI is InChI=1S/C13H17FN2O2/c1-13(2)8-16(5-6-18-13)12(17)10-4-3-9(14)7-11(10)15/h3-4,7H,5-6,8,15H2,1-2H3. The van der Waals surface area contributed by atoms with Gasteiger partial charge in [0.05, 0.1) is 17.8 Å². The maximum atomic E-state index is 13.0. The Balaban J connectivity index is 2.20. The van der Waals surface area contributed by atoms with Crippen molar-refractivity contribution in [2.45, 2.75) is 19.4 Å². The summed E-state index contributed by atoms with van der Waals surface area (Å²) in [6.45, 7) is 5.39. The van der Waals surface area contributed by atoms with Gasteiger partial charge in [-0.2, -0.15) is 0 Å². The van der Waals surface area contributed by atoms with Crippen LogP contribution in [0.5, 0.6) is 0 Å². The largest absolute Gasteiger partial charge is 0.398 e. The molecule has 1 amide bonds. The molecule has 18 heavy (non-hydrogen) atoms. The molecule has 1 heterocycles. The minimum atomic E-state index is -0.439. The van der Waals surface area contributed by atoms with Gasteiger partial charge >= 0.3 is 0 Å². The molecule has 0 unspecified atom stereocenters. The third-order valence-corrected chi connectivity index (χ3v) is 2.96. The number of ether oxygens (including phenoxy) is 1. The number of halogens is 1. The number of anilines is 1. The molecule has 5 heteroatoms. The molecule has 1 saturated heterocycles. The fourth-order valence-electron chi connectivity index (χ4n) is 2.09. The molecule has 0 radical (unpaired) electrons. The van der Waals surface area contributed by atoms with Crippen molar-refractivity contribution in [2.24, 2.45) is 0 Å². The summed E-state index contributed by atoms with van der Waals surface area (Å²) in [5, 5.41) is 0. The van der Waals surface area contributed by atoms with Crippen molar-refractivity contribution >= 4 is 11.6 Å².